The van der Waals surface area contributed by atoms with E-state index in [1.165, 1.54) is 0 Å². The Morgan fingerprint density at radius 1 is 1.56 bits per heavy atom. The minimum absolute atomic E-state index is 0.495. The van der Waals surface area contributed by atoms with E-state index in [0.717, 1.165) is 4.60 Å². The molecule has 0 amide bonds. The van der Waals surface area contributed by atoms with Gasteiger partial charge in [0.1, 0.15) is 16.2 Å². The second kappa shape index (κ2) is 2.31. The third-order valence-corrected chi connectivity index (χ3v) is 1.23. The van der Waals surface area contributed by atoms with Crippen molar-refractivity contribution in [2.75, 3.05) is 5.73 Å². The summed E-state index contributed by atoms with van der Waals surface area (Å²) in [4.78, 5) is 7.83. The maximum Gasteiger partial charge on any atom is 0.128 e. The van der Waals surface area contributed by atoms with Crippen molar-refractivity contribution in [1.29, 1.82) is 0 Å². The Morgan fingerprint density at radius 2 is 2.22 bits per heavy atom. The van der Waals surface area contributed by atoms with E-state index in [-0.39, 0.29) is 0 Å². The maximum atomic E-state index is 5.38. The van der Waals surface area contributed by atoms with Gasteiger partial charge in [-0.25, -0.2) is 9.97 Å². The molecule has 2 N–H and O–H groups in total. The van der Waals surface area contributed by atoms with Crippen LogP contribution in [0.1, 0.15) is 5.82 Å². The summed E-state index contributed by atoms with van der Waals surface area (Å²) in [5.74, 6) is 1.18. The highest BCUT2D eigenvalue weighted by atomic mass is 79.9. The molecule has 9 heavy (non-hydrogen) atoms. The summed E-state index contributed by atoms with van der Waals surface area (Å²) < 4.78 is 0.729. The molecule has 0 aromatic carbocycles. The van der Waals surface area contributed by atoms with Crippen molar-refractivity contribution >= 4 is 21.7 Å². The van der Waals surface area contributed by atoms with Crippen LogP contribution in [-0.4, -0.2) is 9.97 Å². The zero-order chi connectivity index (χ0) is 6.85. The van der Waals surface area contributed by atoms with E-state index in [1.54, 1.807) is 13.0 Å². The van der Waals surface area contributed by atoms with Crippen LogP contribution >= 0.6 is 15.9 Å². The average Bonchev–Trinajstić information content (AvgIpc) is 1.59. The Hall–Kier alpha value is -0.640. The summed E-state index contributed by atoms with van der Waals surface area (Å²) in [6, 6.07) is 1.66. The number of aromatic nitrogens is 2. The number of hydrogen-bond donors (Lipinski definition) is 1. The highest BCUT2D eigenvalue weighted by Gasteiger charge is 1.92. The number of anilines is 1. The van der Waals surface area contributed by atoms with Crippen LogP contribution in [0.3, 0.4) is 0 Å². The monoisotopic (exact) mass is 187 g/mol. The molecule has 0 aliphatic rings. The highest BCUT2D eigenvalue weighted by molar-refractivity contribution is 9.10. The maximum absolute atomic E-state index is 5.38. The summed E-state index contributed by atoms with van der Waals surface area (Å²) in [5, 5.41) is 0. The normalized spacial score (nSPS) is 9.56. The Balaban J connectivity index is 3.17. The number of nitrogens with zero attached hydrogens (tertiary/aromatic N) is 2. The van der Waals surface area contributed by atoms with Gasteiger partial charge >= 0.3 is 0 Å². The van der Waals surface area contributed by atoms with Gasteiger partial charge in [0.2, 0.25) is 0 Å². The fourth-order valence-electron chi connectivity index (χ4n) is 0.553. The topological polar surface area (TPSA) is 51.8 Å². The number of rotatable bonds is 0. The third kappa shape index (κ3) is 1.64. The smallest absolute Gasteiger partial charge is 0.128 e. The van der Waals surface area contributed by atoms with Crippen molar-refractivity contribution in [2.24, 2.45) is 0 Å². The number of nitrogen functional groups attached to an aromatic ring is 1. The fraction of sp³-hybridized carbons (Fsp3) is 0.200. The van der Waals surface area contributed by atoms with E-state index in [0.29, 0.717) is 11.6 Å². The first-order chi connectivity index (χ1) is 4.18. The molecule has 0 spiro atoms. The predicted octanol–water partition coefficient (Wildman–Crippen LogP) is 1.13. The van der Waals surface area contributed by atoms with Crippen LogP contribution in [0.5, 0.6) is 0 Å². The van der Waals surface area contributed by atoms with Crippen LogP contribution in [0.4, 0.5) is 5.82 Å². The molecule has 0 saturated carbocycles. The third-order valence-electron chi connectivity index (χ3n) is 0.827. The SMILES string of the molecule is Cc1nc(N)cc(Br)n1. The van der Waals surface area contributed by atoms with Crippen molar-refractivity contribution in [2.45, 2.75) is 6.92 Å². The van der Waals surface area contributed by atoms with Gasteiger partial charge in [-0.2, -0.15) is 0 Å². The second-order valence-corrected chi connectivity index (χ2v) is 2.48. The molecular weight excluding hydrogens is 182 g/mol. The molecule has 4 heteroatoms. The lowest BCUT2D eigenvalue weighted by atomic mass is 10.5. The Morgan fingerprint density at radius 3 is 2.67 bits per heavy atom. The summed E-state index contributed by atoms with van der Waals surface area (Å²) in [6.45, 7) is 1.79. The molecule has 0 saturated heterocycles. The van der Waals surface area contributed by atoms with Crippen molar-refractivity contribution in [3.05, 3.63) is 16.5 Å². The quantitative estimate of drug-likeness (QED) is 0.620. The lowest BCUT2D eigenvalue weighted by molar-refractivity contribution is 1.04. The minimum Gasteiger partial charge on any atom is -0.384 e. The van der Waals surface area contributed by atoms with Gasteiger partial charge in [0.25, 0.3) is 0 Å². The van der Waals surface area contributed by atoms with Gasteiger partial charge in [-0.15, -0.1) is 0 Å². The largest absolute Gasteiger partial charge is 0.384 e. The van der Waals surface area contributed by atoms with Gasteiger partial charge in [0.15, 0.2) is 0 Å². The molecule has 0 atom stereocenters. The van der Waals surface area contributed by atoms with Crippen molar-refractivity contribution in [3.8, 4) is 0 Å². The van der Waals surface area contributed by atoms with E-state index in [4.69, 9.17) is 5.73 Å². The van der Waals surface area contributed by atoms with Crippen molar-refractivity contribution < 1.29 is 0 Å². The standard InChI is InChI=1S/C5H6BrN3/c1-3-8-4(6)2-5(7)9-3/h2H,1H3,(H2,7,8,9). The predicted molar refractivity (Wildman–Crippen MR) is 38.9 cm³/mol. The fourth-order valence-corrected chi connectivity index (χ4v) is 1.04. The summed E-state index contributed by atoms with van der Waals surface area (Å²) in [5.41, 5.74) is 5.38. The first kappa shape index (κ1) is 6.48. The van der Waals surface area contributed by atoms with E-state index >= 15 is 0 Å². The molecule has 0 fully saturated rings. The van der Waals surface area contributed by atoms with E-state index in [1.807, 2.05) is 0 Å². The first-order valence-corrected chi connectivity index (χ1v) is 3.24. The Kier molecular flexibility index (Phi) is 1.66. The van der Waals surface area contributed by atoms with Crippen LogP contribution in [-0.2, 0) is 0 Å². The van der Waals surface area contributed by atoms with E-state index in [9.17, 15) is 0 Å². The van der Waals surface area contributed by atoms with Gasteiger partial charge < -0.3 is 5.73 Å². The van der Waals surface area contributed by atoms with Crippen LogP contribution in [0.25, 0.3) is 0 Å². The lowest BCUT2D eigenvalue weighted by Gasteiger charge is -1.93. The zero-order valence-corrected chi connectivity index (χ0v) is 6.51. The summed E-state index contributed by atoms with van der Waals surface area (Å²) >= 11 is 3.18. The van der Waals surface area contributed by atoms with Crippen LogP contribution < -0.4 is 5.73 Å². The average molecular weight is 188 g/mol. The molecule has 3 nitrogen and oxygen atoms in total. The van der Waals surface area contributed by atoms with Crippen molar-refractivity contribution in [1.82, 2.24) is 9.97 Å². The molecule has 1 heterocycles. The van der Waals surface area contributed by atoms with Gasteiger partial charge in [-0.3, -0.25) is 0 Å². The molecule has 0 unspecified atom stereocenters. The summed E-state index contributed by atoms with van der Waals surface area (Å²) in [6.07, 6.45) is 0. The number of hydrogen-bond acceptors (Lipinski definition) is 3. The molecule has 0 aliphatic heterocycles. The lowest BCUT2D eigenvalue weighted by Crippen LogP contribution is -1.94. The van der Waals surface area contributed by atoms with Crippen LogP contribution in [0.2, 0.25) is 0 Å². The first-order valence-electron chi connectivity index (χ1n) is 2.45. The molecular formula is C5H6BrN3. The molecule has 1 aromatic heterocycles. The number of halogens is 1. The van der Waals surface area contributed by atoms with E-state index < -0.39 is 0 Å². The number of nitrogens with two attached hydrogens (primary N) is 1. The minimum atomic E-state index is 0.495. The second-order valence-electron chi connectivity index (χ2n) is 1.66. The number of aryl methyl sites for hydroxylation is 1. The Labute approximate surface area is 61.4 Å². The van der Waals surface area contributed by atoms with Crippen molar-refractivity contribution in [3.63, 3.8) is 0 Å². The van der Waals surface area contributed by atoms with Gasteiger partial charge in [-0.05, 0) is 22.9 Å². The Bertz CT molecular complexity index is 173. The molecule has 0 radical (unpaired) electrons. The molecule has 1 aromatic rings. The van der Waals surface area contributed by atoms with Gasteiger partial charge in [0.05, 0.1) is 0 Å². The molecule has 0 bridgehead atoms. The van der Waals surface area contributed by atoms with Gasteiger partial charge in [-0.1, -0.05) is 0 Å². The van der Waals surface area contributed by atoms with Crippen LogP contribution in [0.15, 0.2) is 10.7 Å². The zero-order valence-electron chi connectivity index (χ0n) is 4.93. The van der Waals surface area contributed by atoms with Gasteiger partial charge in [0, 0.05) is 6.07 Å². The highest BCUT2D eigenvalue weighted by Crippen LogP contribution is 2.07. The summed E-state index contributed by atoms with van der Waals surface area (Å²) in [7, 11) is 0. The van der Waals surface area contributed by atoms with Crippen LogP contribution in [0, 0.1) is 6.92 Å². The molecule has 48 valence electrons. The molecule has 0 aliphatic carbocycles. The molecule has 1 rings (SSSR count). The van der Waals surface area contributed by atoms with E-state index in [2.05, 4.69) is 25.9 Å².